The van der Waals surface area contributed by atoms with E-state index in [-0.39, 0.29) is 6.09 Å². The third-order valence-electron chi connectivity index (χ3n) is 3.67. The molecule has 0 atom stereocenters. The van der Waals surface area contributed by atoms with Gasteiger partial charge in [-0.05, 0) is 0 Å². The monoisotopic (exact) mass is 293 g/mol. The number of cyclic esters (lactones) is 1. The van der Waals surface area contributed by atoms with Crippen LogP contribution in [0.2, 0.25) is 0 Å². The van der Waals surface area contributed by atoms with Gasteiger partial charge in [0.1, 0.15) is 6.61 Å². The molecular formula is C12H15N5O4. The summed E-state index contributed by atoms with van der Waals surface area (Å²) in [4.78, 5) is 41.1. The molecule has 9 heteroatoms. The van der Waals surface area contributed by atoms with Crippen molar-refractivity contribution in [1.29, 1.82) is 0 Å². The average Bonchev–Trinajstić information content (AvgIpc) is 3.07. The number of nitrogens with zero attached hydrogens (tertiary/aromatic N) is 5. The van der Waals surface area contributed by atoms with Crippen LogP contribution in [-0.4, -0.2) is 49.4 Å². The molecule has 0 N–H and O–H groups in total. The second-order valence-corrected chi connectivity index (χ2v) is 4.92. The normalized spacial score (nSPS) is 15.0. The van der Waals surface area contributed by atoms with Crippen molar-refractivity contribution in [3.8, 4) is 0 Å². The molecule has 0 radical (unpaired) electrons. The summed E-state index contributed by atoms with van der Waals surface area (Å²) < 4.78 is 8.88. The first kappa shape index (κ1) is 13.4. The predicted octanol–water partition coefficient (Wildman–Crippen LogP) is -1.11. The molecule has 1 fully saturated rings. The SMILES string of the molecule is Cn1c(=O)c2c(ncn2CCN2CCOC2=O)n(C)c1=O. The number of amides is 1. The lowest BCUT2D eigenvalue weighted by Gasteiger charge is -2.13. The third kappa shape index (κ3) is 2.01. The van der Waals surface area contributed by atoms with E-state index in [0.29, 0.717) is 37.4 Å². The minimum atomic E-state index is -0.416. The second-order valence-electron chi connectivity index (χ2n) is 4.92. The first-order chi connectivity index (χ1) is 10.0. The van der Waals surface area contributed by atoms with Crippen molar-refractivity contribution in [1.82, 2.24) is 23.6 Å². The molecule has 0 aliphatic carbocycles. The van der Waals surface area contributed by atoms with E-state index in [1.54, 1.807) is 16.5 Å². The lowest BCUT2D eigenvalue weighted by atomic mass is 10.4. The molecule has 3 heterocycles. The maximum atomic E-state index is 12.2. The summed E-state index contributed by atoms with van der Waals surface area (Å²) in [5.41, 5.74) is -0.116. The maximum Gasteiger partial charge on any atom is 0.410 e. The number of hydrogen-bond donors (Lipinski definition) is 0. The van der Waals surface area contributed by atoms with Gasteiger partial charge in [-0.25, -0.2) is 14.6 Å². The number of imidazole rings is 1. The minimum absolute atomic E-state index is 0.340. The van der Waals surface area contributed by atoms with Crippen molar-refractivity contribution in [2.24, 2.45) is 14.1 Å². The lowest BCUT2D eigenvalue weighted by Crippen LogP contribution is -2.38. The van der Waals surface area contributed by atoms with Crippen molar-refractivity contribution in [2.45, 2.75) is 6.54 Å². The largest absolute Gasteiger partial charge is 0.448 e. The van der Waals surface area contributed by atoms with E-state index < -0.39 is 11.2 Å². The molecule has 1 saturated heterocycles. The third-order valence-corrected chi connectivity index (χ3v) is 3.67. The zero-order chi connectivity index (χ0) is 15.1. The molecule has 1 aliphatic rings. The van der Waals surface area contributed by atoms with Gasteiger partial charge in [-0.2, -0.15) is 0 Å². The number of hydrogen-bond acceptors (Lipinski definition) is 5. The molecule has 0 aromatic carbocycles. The van der Waals surface area contributed by atoms with Gasteiger partial charge < -0.3 is 14.2 Å². The molecule has 0 spiro atoms. The summed E-state index contributed by atoms with van der Waals surface area (Å²) >= 11 is 0. The fourth-order valence-electron chi connectivity index (χ4n) is 2.42. The van der Waals surface area contributed by atoms with E-state index in [4.69, 9.17) is 4.74 Å². The van der Waals surface area contributed by atoms with E-state index in [2.05, 4.69) is 4.98 Å². The van der Waals surface area contributed by atoms with Gasteiger partial charge in [-0.1, -0.05) is 0 Å². The number of ether oxygens (including phenoxy) is 1. The fraction of sp³-hybridized carbons (Fsp3) is 0.500. The maximum absolute atomic E-state index is 12.2. The summed E-state index contributed by atoms with van der Waals surface area (Å²) in [6, 6.07) is 0. The summed E-state index contributed by atoms with van der Waals surface area (Å²) in [6.45, 7) is 1.77. The molecule has 2 aromatic heterocycles. The van der Waals surface area contributed by atoms with E-state index in [0.717, 1.165) is 4.57 Å². The molecule has 0 saturated carbocycles. The quantitative estimate of drug-likeness (QED) is 0.715. The van der Waals surface area contributed by atoms with E-state index in [1.807, 2.05) is 0 Å². The molecule has 2 aromatic rings. The van der Waals surface area contributed by atoms with Gasteiger partial charge in [0, 0.05) is 27.2 Å². The van der Waals surface area contributed by atoms with E-state index in [1.165, 1.54) is 17.9 Å². The average molecular weight is 293 g/mol. The van der Waals surface area contributed by atoms with Crippen LogP contribution in [0.1, 0.15) is 0 Å². The van der Waals surface area contributed by atoms with Crippen LogP contribution in [0.4, 0.5) is 4.79 Å². The summed E-state index contributed by atoms with van der Waals surface area (Å²) in [5, 5.41) is 0. The van der Waals surface area contributed by atoms with Crippen molar-refractivity contribution in [2.75, 3.05) is 19.7 Å². The van der Waals surface area contributed by atoms with Crippen LogP contribution >= 0.6 is 0 Å². The van der Waals surface area contributed by atoms with Gasteiger partial charge in [0.05, 0.1) is 12.9 Å². The molecule has 1 amide bonds. The Morgan fingerprint density at radius 1 is 1.19 bits per heavy atom. The Labute approximate surface area is 119 Å². The second kappa shape index (κ2) is 4.76. The number of carbonyl (C=O) groups excluding carboxylic acids is 1. The van der Waals surface area contributed by atoms with Crippen LogP contribution in [0.15, 0.2) is 15.9 Å². The zero-order valence-corrected chi connectivity index (χ0v) is 11.8. The highest BCUT2D eigenvalue weighted by atomic mass is 16.6. The highest BCUT2D eigenvalue weighted by Gasteiger charge is 2.22. The van der Waals surface area contributed by atoms with E-state index in [9.17, 15) is 14.4 Å². The fourth-order valence-corrected chi connectivity index (χ4v) is 2.42. The Morgan fingerprint density at radius 2 is 1.95 bits per heavy atom. The smallest absolute Gasteiger partial charge is 0.410 e. The minimum Gasteiger partial charge on any atom is -0.448 e. The predicted molar refractivity (Wildman–Crippen MR) is 73.1 cm³/mol. The zero-order valence-electron chi connectivity index (χ0n) is 11.8. The number of carbonyl (C=O) groups is 1. The highest BCUT2D eigenvalue weighted by molar-refractivity contribution is 5.70. The van der Waals surface area contributed by atoms with Crippen LogP contribution in [-0.2, 0) is 25.4 Å². The van der Waals surface area contributed by atoms with Crippen LogP contribution in [0.25, 0.3) is 11.2 Å². The van der Waals surface area contributed by atoms with Gasteiger partial charge >= 0.3 is 11.8 Å². The molecular weight excluding hydrogens is 278 g/mol. The van der Waals surface area contributed by atoms with Crippen molar-refractivity contribution in [3.05, 3.63) is 27.2 Å². The number of fused-ring (bicyclic) bond motifs is 1. The van der Waals surface area contributed by atoms with Gasteiger partial charge in [0.25, 0.3) is 5.56 Å². The highest BCUT2D eigenvalue weighted by Crippen LogP contribution is 2.08. The molecule has 112 valence electrons. The number of aryl methyl sites for hydroxylation is 1. The Balaban J connectivity index is 1.99. The van der Waals surface area contributed by atoms with Crippen molar-refractivity contribution < 1.29 is 9.53 Å². The molecule has 21 heavy (non-hydrogen) atoms. The molecule has 0 unspecified atom stereocenters. The van der Waals surface area contributed by atoms with Crippen LogP contribution in [0.5, 0.6) is 0 Å². The lowest BCUT2D eigenvalue weighted by molar-refractivity contribution is 0.157. The standard InChI is InChI=1S/C12H15N5O4/c1-14-9-8(10(18)15(2)11(14)19)17(7-13-9)4-3-16-5-6-21-12(16)20/h7H,3-6H2,1-2H3. The Bertz CT molecular complexity index is 831. The van der Waals surface area contributed by atoms with Gasteiger partial charge in [0.15, 0.2) is 11.2 Å². The van der Waals surface area contributed by atoms with Crippen molar-refractivity contribution >= 4 is 17.3 Å². The van der Waals surface area contributed by atoms with Gasteiger partial charge in [-0.15, -0.1) is 0 Å². The Hall–Kier alpha value is -2.58. The topological polar surface area (TPSA) is 91.4 Å². The Morgan fingerprint density at radius 3 is 2.62 bits per heavy atom. The van der Waals surface area contributed by atoms with Crippen molar-refractivity contribution in [3.63, 3.8) is 0 Å². The first-order valence-corrected chi connectivity index (χ1v) is 6.53. The van der Waals surface area contributed by atoms with E-state index >= 15 is 0 Å². The van der Waals surface area contributed by atoms with Crippen LogP contribution in [0.3, 0.4) is 0 Å². The summed E-state index contributed by atoms with van der Waals surface area (Å²) in [5.74, 6) is 0. The summed E-state index contributed by atoms with van der Waals surface area (Å²) in [7, 11) is 3.00. The first-order valence-electron chi connectivity index (χ1n) is 6.53. The number of rotatable bonds is 3. The van der Waals surface area contributed by atoms with Crippen LogP contribution in [0, 0.1) is 0 Å². The molecule has 1 aliphatic heterocycles. The molecule has 3 rings (SSSR count). The Kier molecular flexibility index (Phi) is 3.04. The molecule has 9 nitrogen and oxygen atoms in total. The summed E-state index contributed by atoms with van der Waals surface area (Å²) in [6.07, 6.45) is 1.16. The number of aromatic nitrogens is 4. The van der Waals surface area contributed by atoms with Gasteiger partial charge in [0.2, 0.25) is 0 Å². The molecule has 0 bridgehead atoms. The van der Waals surface area contributed by atoms with Crippen LogP contribution < -0.4 is 11.2 Å². The van der Waals surface area contributed by atoms with Gasteiger partial charge in [-0.3, -0.25) is 13.9 Å².